The van der Waals surface area contributed by atoms with Crippen LogP contribution in [-0.2, 0) is 10.0 Å². The molecule has 0 saturated carbocycles. The molecule has 1 aliphatic heterocycles. The maximum atomic E-state index is 11.4. The largest absolute Gasteiger partial charge is 0.394 e. The van der Waals surface area contributed by atoms with Crippen molar-refractivity contribution >= 4 is 10.0 Å². The Kier molecular flexibility index (Phi) is 6.87. The first-order valence-electron chi connectivity index (χ1n) is 7.28. The molecule has 0 radical (unpaired) electrons. The zero-order valence-electron chi connectivity index (χ0n) is 12.9. The predicted molar refractivity (Wildman–Crippen MR) is 81.3 cm³/mol. The highest BCUT2D eigenvalue weighted by Crippen LogP contribution is 2.13. The van der Waals surface area contributed by atoms with E-state index >= 15 is 0 Å². The first kappa shape index (κ1) is 17.8. The quantitative estimate of drug-likeness (QED) is 0.603. The maximum Gasteiger partial charge on any atom is 0.211 e. The summed E-state index contributed by atoms with van der Waals surface area (Å²) in [7, 11) is -1.15. The van der Waals surface area contributed by atoms with E-state index in [2.05, 4.69) is 10.2 Å². The van der Waals surface area contributed by atoms with E-state index in [1.165, 1.54) is 6.26 Å². The number of unbranched alkanes of at least 4 members (excludes halogenated alkanes) is 1. The smallest absolute Gasteiger partial charge is 0.211 e. The van der Waals surface area contributed by atoms with E-state index in [0.717, 1.165) is 38.9 Å². The van der Waals surface area contributed by atoms with E-state index in [-0.39, 0.29) is 12.1 Å². The summed E-state index contributed by atoms with van der Waals surface area (Å²) < 4.78 is 24.4. The Morgan fingerprint density at radius 1 is 1.20 bits per heavy atom. The van der Waals surface area contributed by atoms with Gasteiger partial charge in [-0.15, -0.1) is 0 Å². The van der Waals surface area contributed by atoms with Crippen molar-refractivity contribution in [3.8, 4) is 0 Å². The van der Waals surface area contributed by atoms with Gasteiger partial charge in [-0.05, 0) is 33.4 Å². The molecule has 0 aromatic carbocycles. The molecular weight excluding hydrogens is 278 g/mol. The Balaban J connectivity index is 2.19. The number of nitrogens with zero attached hydrogens (tertiary/aromatic N) is 2. The molecule has 1 unspecified atom stereocenters. The zero-order valence-corrected chi connectivity index (χ0v) is 13.7. The van der Waals surface area contributed by atoms with Crippen LogP contribution >= 0.6 is 0 Å². The van der Waals surface area contributed by atoms with Crippen LogP contribution in [0.1, 0.15) is 26.2 Å². The van der Waals surface area contributed by atoms with Crippen LogP contribution in [-0.4, -0.2) is 80.9 Å². The molecule has 120 valence electrons. The predicted octanol–water partition coefficient (Wildman–Crippen LogP) is -0.296. The minimum atomic E-state index is -3.03. The van der Waals surface area contributed by atoms with Gasteiger partial charge >= 0.3 is 0 Å². The Morgan fingerprint density at radius 3 is 2.25 bits per heavy atom. The third-order valence-electron chi connectivity index (χ3n) is 4.21. The lowest BCUT2D eigenvalue weighted by Gasteiger charge is -2.33. The van der Waals surface area contributed by atoms with E-state index in [1.807, 2.05) is 14.0 Å². The Morgan fingerprint density at radius 2 is 1.80 bits per heavy atom. The van der Waals surface area contributed by atoms with Gasteiger partial charge < -0.3 is 15.3 Å². The Bertz CT molecular complexity index is 374. The topological polar surface area (TPSA) is 72.9 Å². The number of rotatable bonds is 8. The lowest BCUT2D eigenvalue weighted by molar-refractivity contribution is 0.162. The van der Waals surface area contributed by atoms with Crippen molar-refractivity contribution in [2.75, 3.05) is 52.6 Å². The number of sulfonamides is 1. The van der Waals surface area contributed by atoms with Crippen molar-refractivity contribution in [3.05, 3.63) is 0 Å². The third kappa shape index (κ3) is 5.65. The van der Waals surface area contributed by atoms with Gasteiger partial charge in [0.05, 0.1) is 12.9 Å². The van der Waals surface area contributed by atoms with Crippen LogP contribution in [0.4, 0.5) is 0 Å². The zero-order chi connectivity index (χ0) is 15.2. The summed E-state index contributed by atoms with van der Waals surface area (Å²) in [4.78, 5) is 2.32. The highest BCUT2D eigenvalue weighted by Gasteiger charge is 2.23. The third-order valence-corrected chi connectivity index (χ3v) is 5.51. The molecule has 1 fully saturated rings. The molecule has 1 rings (SSSR count). The molecule has 1 heterocycles. The molecule has 0 amide bonds. The average Bonchev–Trinajstić information content (AvgIpc) is 2.43. The summed E-state index contributed by atoms with van der Waals surface area (Å²) in [6, 6.07) is 0. The van der Waals surface area contributed by atoms with Crippen LogP contribution in [0.15, 0.2) is 0 Å². The number of nitrogens with one attached hydrogen (secondary N) is 1. The summed E-state index contributed by atoms with van der Waals surface area (Å²) in [6.07, 6.45) is 4.36. The van der Waals surface area contributed by atoms with E-state index in [0.29, 0.717) is 13.1 Å². The second kappa shape index (κ2) is 7.70. The molecule has 0 aliphatic carbocycles. The van der Waals surface area contributed by atoms with Gasteiger partial charge in [0.1, 0.15) is 0 Å². The number of piperazine rings is 1. The molecular formula is C13H29N3O3S. The fourth-order valence-electron chi connectivity index (χ4n) is 2.42. The molecule has 1 aliphatic rings. The average molecular weight is 307 g/mol. The van der Waals surface area contributed by atoms with Gasteiger partial charge in [-0.25, -0.2) is 8.42 Å². The Labute approximate surface area is 123 Å². The molecule has 7 heteroatoms. The number of hydrogen-bond acceptors (Lipinski definition) is 5. The highest BCUT2D eigenvalue weighted by atomic mass is 32.2. The SMILES string of the molecule is CNC(C)(CO)CCCCN1CCN(S(C)(=O)=O)CC1. The second-order valence-corrected chi connectivity index (χ2v) is 7.91. The van der Waals surface area contributed by atoms with Gasteiger partial charge in [-0.3, -0.25) is 0 Å². The van der Waals surface area contributed by atoms with Gasteiger partial charge in [0.25, 0.3) is 0 Å². The van der Waals surface area contributed by atoms with Gasteiger partial charge in [0.15, 0.2) is 0 Å². The number of likely N-dealkylation sites (N-methyl/N-ethyl adjacent to an activating group) is 1. The Hall–Kier alpha value is -0.210. The molecule has 1 saturated heterocycles. The van der Waals surface area contributed by atoms with Crippen molar-refractivity contribution in [2.24, 2.45) is 0 Å². The monoisotopic (exact) mass is 307 g/mol. The maximum absolute atomic E-state index is 11.4. The van der Waals surface area contributed by atoms with Crippen molar-refractivity contribution < 1.29 is 13.5 Å². The van der Waals surface area contributed by atoms with Crippen molar-refractivity contribution in [2.45, 2.75) is 31.7 Å². The number of hydrogen-bond donors (Lipinski definition) is 2. The van der Waals surface area contributed by atoms with Gasteiger partial charge in [-0.2, -0.15) is 4.31 Å². The first-order valence-corrected chi connectivity index (χ1v) is 9.13. The second-order valence-electron chi connectivity index (χ2n) is 5.93. The lowest BCUT2D eigenvalue weighted by Crippen LogP contribution is -2.48. The molecule has 0 aromatic heterocycles. The molecule has 1 atom stereocenters. The normalized spacial score (nSPS) is 21.8. The van der Waals surface area contributed by atoms with Crippen LogP contribution in [0.5, 0.6) is 0 Å². The molecule has 20 heavy (non-hydrogen) atoms. The van der Waals surface area contributed by atoms with E-state index in [4.69, 9.17) is 0 Å². The number of aliphatic hydroxyl groups is 1. The summed E-state index contributed by atoms with van der Waals surface area (Å²) in [5.74, 6) is 0. The molecule has 0 spiro atoms. The van der Waals surface area contributed by atoms with E-state index < -0.39 is 10.0 Å². The fourth-order valence-corrected chi connectivity index (χ4v) is 3.25. The molecule has 0 bridgehead atoms. The van der Waals surface area contributed by atoms with E-state index in [1.54, 1.807) is 4.31 Å². The first-order chi connectivity index (χ1) is 9.30. The summed E-state index contributed by atoms with van der Waals surface area (Å²) in [5.41, 5.74) is -0.186. The molecule has 2 N–H and O–H groups in total. The van der Waals surface area contributed by atoms with Crippen LogP contribution in [0.3, 0.4) is 0 Å². The van der Waals surface area contributed by atoms with Crippen molar-refractivity contribution in [1.82, 2.24) is 14.5 Å². The standard InChI is InChI=1S/C13H29N3O3S/c1-13(12-17,14-2)6-4-5-7-15-8-10-16(11-9-15)20(3,18)19/h14,17H,4-12H2,1-3H3. The molecule has 0 aromatic rings. The van der Waals surface area contributed by atoms with Crippen molar-refractivity contribution in [1.29, 1.82) is 0 Å². The molecule has 6 nitrogen and oxygen atoms in total. The van der Waals surface area contributed by atoms with Crippen LogP contribution < -0.4 is 5.32 Å². The van der Waals surface area contributed by atoms with Gasteiger partial charge in [-0.1, -0.05) is 6.42 Å². The van der Waals surface area contributed by atoms with E-state index in [9.17, 15) is 13.5 Å². The van der Waals surface area contributed by atoms with Crippen LogP contribution in [0.2, 0.25) is 0 Å². The highest BCUT2D eigenvalue weighted by molar-refractivity contribution is 7.88. The van der Waals surface area contributed by atoms with Crippen molar-refractivity contribution in [3.63, 3.8) is 0 Å². The van der Waals surface area contributed by atoms with Crippen LogP contribution in [0, 0.1) is 0 Å². The summed E-state index contributed by atoms with van der Waals surface area (Å²) in [5, 5.41) is 12.5. The summed E-state index contributed by atoms with van der Waals surface area (Å²) in [6.45, 7) is 6.01. The van der Waals surface area contributed by atoms with Crippen LogP contribution in [0.25, 0.3) is 0 Å². The van der Waals surface area contributed by atoms with Gasteiger partial charge in [0.2, 0.25) is 10.0 Å². The minimum Gasteiger partial charge on any atom is -0.394 e. The lowest BCUT2D eigenvalue weighted by atomic mass is 9.96. The minimum absolute atomic E-state index is 0.149. The van der Waals surface area contributed by atoms with Gasteiger partial charge in [0, 0.05) is 31.7 Å². The number of aliphatic hydroxyl groups excluding tert-OH is 1. The summed E-state index contributed by atoms with van der Waals surface area (Å²) >= 11 is 0. The fraction of sp³-hybridized carbons (Fsp3) is 1.00.